The van der Waals surface area contributed by atoms with Gasteiger partial charge in [0.15, 0.2) is 5.76 Å². The average Bonchev–Trinajstić information content (AvgIpc) is 3.69. The Morgan fingerprint density at radius 3 is 2.48 bits per heavy atom. The summed E-state index contributed by atoms with van der Waals surface area (Å²) in [7, 11) is 0. The first kappa shape index (κ1) is 27.8. The number of nitrogens with zero attached hydrogens (tertiary/aromatic N) is 5. The second-order valence-electron chi connectivity index (χ2n) is 11.4. The lowest BCUT2D eigenvalue weighted by Crippen LogP contribution is -2.50. The molecule has 3 aromatic heterocycles. The van der Waals surface area contributed by atoms with E-state index in [1.807, 2.05) is 63.4 Å². The van der Waals surface area contributed by atoms with Crippen LogP contribution in [0.3, 0.4) is 0 Å². The first-order valence-electron chi connectivity index (χ1n) is 13.8. The summed E-state index contributed by atoms with van der Waals surface area (Å²) in [6.07, 6.45) is 6.15. The molecule has 1 atom stereocenters. The first-order chi connectivity index (χ1) is 19.2. The zero-order valence-electron chi connectivity index (χ0n) is 23.5. The lowest BCUT2D eigenvalue weighted by molar-refractivity contribution is -0.128. The second kappa shape index (κ2) is 11.8. The van der Waals surface area contributed by atoms with Crippen molar-refractivity contribution in [2.75, 3.05) is 4.90 Å². The largest absolute Gasteiger partial charge is 0.458 e. The quantitative estimate of drug-likeness (QED) is 0.282. The zero-order chi connectivity index (χ0) is 28.3. The predicted molar refractivity (Wildman–Crippen MR) is 155 cm³/mol. The molecule has 0 aliphatic heterocycles. The fourth-order valence-corrected chi connectivity index (χ4v) is 6.01. The molecule has 40 heavy (non-hydrogen) atoms. The van der Waals surface area contributed by atoms with Crippen LogP contribution < -0.4 is 10.2 Å². The van der Waals surface area contributed by atoms with E-state index in [2.05, 4.69) is 32.9 Å². The van der Waals surface area contributed by atoms with Crippen LogP contribution in [0.5, 0.6) is 0 Å². The van der Waals surface area contributed by atoms with Crippen LogP contribution in [-0.4, -0.2) is 37.6 Å². The fourth-order valence-electron chi connectivity index (χ4n) is 5.20. The summed E-state index contributed by atoms with van der Waals surface area (Å²) >= 11 is 1.44. The molecule has 4 aromatic rings. The molecule has 0 spiro atoms. The van der Waals surface area contributed by atoms with E-state index >= 15 is 0 Å². The number of hydrogen-bond donors (Lipinski definition) is 1. The number of tetrazole rings is 1. The topological polar surface area (TPSA) is 106 Å². The van der Waals surface area contributed by atoms with Crippen molar-refractivity contribution in [3.8, 4) is 11.6 Å². The monoisotopic (exact) mass is 560 g/mol. The maximum Gasteiger partial charge on any atom is 0.251 e. The number of anilines is 1. The Hall–Kier alpha value is -3.79. The number of aryl methyl sites for hydroxylation is 1. The van der Waals surface area contributed by atoms with Gasteiger partial charge in [-0.25, -0.2) is 0 Å². The van der Waals surface area contributed by atoms with Crippen LogP contribution in [0, 0.1) is 6.92 Å². The van der Waals surface area contributed by atoms with Crippen molar-refractivity contribution in [1.82, 2.24) is 25.5 Å². The van der Waals surface area contributed by atoms with E-state index in [4.69, 9.17) is 4.42 Å². The third kappa shape index (κ3) is 6.50. The summed E-state index contributed by atoms with van der Waals surface area (Å²) in [5, 5.41) is 17.5. The SMILES string of the molecule is Cc1ccc(-c2nnn(CC(=O)N(c3ccc(C4CCCCC4)cc3)[C@H](C(=O)NC(C)(C)C)c3cccs3)n2)o1. The number of amides is 2. The van der Waals surface area contributed by atoms with Gasteiger partial charge >= 0.3 is 0 Å². The molecular weight excluding hydrogens is 524 g/mol. The number of carbonyl (C=O) groups is 2. The molecule has 2 amide bonds. The highest BCUT2D eigenvalue weighted by molar-refractivity contribution is 7.10. The van der Waals surface area contributed by atoms with Crippen molar-refractivity contribution in [2.45, 2.75) is 83.8 Å². The minimum atomic E-state index is -0.858. The van der Waals surface area contributed by atoms with E-state index in [1.165, 1.54) is 53.8 Å². The van der Waals surface area contributed by atoms with Gasteiger partial charge in [-0.2, -0.15) is 4.80 Å². The molecule has 0 bridgehead atoms. The highest BCUT2D eigenvalue weighted by atomic mass is 32.1. The number of nitrogens with one attached hydrogen (secondary N) is 1. The molecule has 3 heterocycles. The summed E-state index contributed by atoms with van der Waals surface area (Å²) in [6, 6.07) is 14.6. The van der Waals surface area contributed by atoms with Gasteiger partial charge in [0.1, 0.15) is 18.3 Å². The Kier molecular flexibility index (Phi) is 8.16. The molecule has 1 saturated carbocycles. The molecule has 5 rings (SSSR count). The van der Waals surface area contributed by atoms with Crippen molar-refractivity contribution in [2.24, 2.45) is 0 Å². The maximum absolute atomic E-state index is 14.1. The molecule has 1 aliphatic carbocycles. The Morgan fingerprint density at radius 2 is 1.85 bits per heavy atom. The lowest BCUT2D eigenvalue weighted by atomic mass is 9.84. The molecule has 0 unspecified atom stereocenters. The van der Waals surface area contributed by atoms with Gasteiger partial charge in [0.2, 0.25) is 11.7 Å². The summed E-state index contributed by atoms with van der Waals surface area (Å²) in [5.74, 6) is 1.46. The summed E-state index contributed by atoms with van der Waals surface area (Å²) in [5.41, 5.74) is 1.45. The number of furan rings is 1. The van der Waals surface area contributed by atoms with E-state index in [-0.39, 0.29) is 18.4 Å². The highest BCUT2D eigenvalue weighted by Gasteiger charge is 2.35. The Morgan fingerprint density at radius 1 is 1.10 bits per heavy atom. The summed E-state index contributed by atoms with van der Waals surface area (Å²) < 4.78 is 5.61. The zero-order valence-corrected chi connectivity index (χ0v) is 24.3. The van der Waals surface area contributed by atoms with E-state index < -0.39 is 11.6 Å². The summed E-state index contributed by atoms with van der Waals surface area (Å²) in [6.45, 7) is 7.43. The minimum absolute atomic E-state index is 0.193. The standard InChI is InChI=1S/C30H36N6O3S/c1-20-12-17-24(39-20)28-32-34-35(33-28)19-26(37)36(23-15-13-22(14-16-23)21-9-6-5-7-10-21)27(25-11-8-18-40-25)29(38)31-30(2,3)4/h8,11-18,21,27H,5-7,9-10,19H2,1-4H3,(H,31,38)/t27-/m0/s1. The Bertz CT molecular complexity index is 1430. The normalized spacial score (nSPS) is 15.1. The highest BCUT2D eigenvalue weighted by Crippen LogP contribution is 2.36. The first-order valence-corrected chi connectivity index (χ1v) is 14.7. The molecule has 0 saturated heterocycles. The number of carbonyl (C=O) groups excluding carboxylic acids is 2. The van der Waals surface area contributed by atoms with Gasteiger partial charge in [-0.05, 0) is 92.9 Å². The summed E-state index contributed by atoms with van der Waals surface area (Å²) in [4.78, 5) is 31.4. The van der Waals surface area contributed by atoms with Crippen LogP contribution in [0.1, 0.15) is 81.0 Å². The van der Waals surface area contributed by atoms with Crippen molar-refractivity contribution in [3.05, 3.63) is 70.1 Å². The third-order valence-corrected chi connectivity index (χ3v) is 7.95. The number of hydrogen-bond acceptors (Lipinski definition) is 7. The second-order valence-corrected chi connectivity index (χ2v) is 12.4. The van der Waals surface area contributed by atoms with Crippen LogP contribution in [0.4, 0.5) is 5.69 Å². The van der Waals surface area contributed by atoms with Gasteiger partial charge < -0.3 is 9.73 Å². The lowest BCUT2D eigenvalue weighted by Gasteiger charge is -2.33. The molecule has 210 valence electrons. The fraction of sp³-hybridized carbons (Fsp3) is 0.433. The average molecular weight is 561 g/mol. The van der Waals surface area contributed by atoms with Crippen molar-refractivity contribution >= 4 is 28.8 Å². The minimum Gasteiger partial charge on any atom is -0.458 e. The van der Waals surface area contributed by atoms with Crippen molar-refractivity contribution in [3.63, 3.8) is 0 Å². The molecule has 9 nitrogen and oxygen atoms in total. The molecule has 1 fully saturated rings. The number of aromatic nitrogens is 4. The predicted octanol–water partition coefficient (Wildman–Crippen LogP) is 6.04. The van der Waals surface area contributed by atoms with E-state index in [9.17, 15) is 9.59 Å². The van der Waals surface area contributed by atoms with E-state index in [0.29, 0.717) is 23.2 Å². The van der Waals surface area contributed by atoms with Gasteiger partial charge in [0, 0.05) is 16.1 Å². The van der Waals surface area contributed by atoms with E-state index in [1.54, 1.807) is 11.0 Å². The number of benzene rings is 1. The van der Waals surface area contributed by atoms with Crippen LogP contribution >= 0.6 is 11.3 Å². The third-order valence-electron chi connectivity index (χ3n) is 7.02. The van der Waals surface area contributed by atoms with Gasteiger partial charge in [-0.1, -0.05) is 37.5 Å². The van der Waals surface area contributed by atoms with E-state index in [0.717, 1.165) is 10.6 Å². The van der Waals surface area contributed by atoms with Crippen LogP contribution in [0.2, 0.25) is 0 Å². The van der Waals surface area contributed by atoms with Gasteiger partial charge in [-0.15, -0.1) is 21.5 Å². The van der Waals surface area contributed by atoms with Crippen LogP contribution in [0.15, 0.2) is 58.3 Å². The molecule has 1 N–H and O–H groups in total. The molecule has 10 heteroatoms. The van der Waals surface area contributed by atoms with Crippen LogP contribution in [0.25, 0.3) is 11.6 Å². The van der Waals surface area contributed by atoms with Crippen LogP contribution in [-0.2, 0) is 16.1 Å². The molecular formula is C30H36N6O3S. The number of thiophene rings is 1. The Balaban J connectivity index is 1.49. The Labute approximate surface area is 238 Å². The molecule has 1 aliphatic rings. The smallest absolute Gasteiger partial charge is 0.251 e. The van der Waals surface area contributed by atoms with Crippen molar-refractivity contribution < 1.29 is 14.0 Å². The van der Waals surface area contributed by atoms with Crippen molar-refractivity contribution in [1.29, 1.82) is 0 Å². The molecule has 0 radical (unpaired) electrons. The maximum atomic E-state index is 14.1. The van der Waals surface area contributed by atoms with Gasteiger partial charge in [0.25, 0.3) is 5.91 Å². The number of rotatable bonds is 8. The van der Waals surface area contributed by atoms with Gasteiger partial charge in [0.05, 0.1) is 0 Å². The molecule has 1 aromatic carbocycles. The van der Waals surface area contributed by atoms with Gasteiger partial charge in [-0.3, -0.25) is 14.5 Å².